The number of carbonyl (C=O) groups excluding carboxylic acids is 2. The minimum absolute atomic E-state index is 0.0821. The number of ether oxygens (including phenoxy) is 2. The molecule has 25 heavy (non-hydrogen) atoms. The Morgan fingerprint density at radius 3 is 2.24 bits per heavy atom. The van der Waals surface area contributed by atoms with Crippen molar-refractivity contribution in [3.8, 4) is 0 Å². The molecule has 0 bridgehead atoms. The summed E-state index contributed by atoms with van der Waals surface area (Å²) in [4.78, 5) is 24.7. The molecule has 2 rings (SSSR count). The maximum absolute atomic E-state index is 12.4. The van der Waals surface area contributed by atoms with Gasteiger partial charge in [-0.3, -0.25) is 9.59 Å². The zero-order valence-corrected chi connectivity index (χ0v) is 16.1. The van der Waals surface area contributed by atoms with E-state index in [0.717, 1.165) is 57.8 Å². The van der Waals surface area contributed by atoms with Crippen molar-refractivity contribution in [2.45, 2.75) is 97.0 Å². The van der Waals surface area contributed by atoms with Crippen LogP contribution in [0.2, 0.25) is 0 Å². The number of hydrogen-bond donors (Lipinski definition) is 0. The first kappa shape index (κ1) is 20.3. The number of hydrogen-bond acceptors (Lipinski definition) is 4. The fraction of sp³-hybridized carbons (Fsp3) is 0.905. The summed E-state index contributed by atoms with van der Waals surface area (Å²) in [5.41, 5.74) is 0. The van der Waals surface area contributed by atoms with Crippen molar-refractivity contribution in [1.82, 2.24) is 0 Å². The molecule has 2 atom stereocenters. The Balaban J connectivity index is 1.68. The Bertz CT molecular complexity index is 412. The highest BCUT2D eigenvalue weighted by molar-refractivity contribution is 5.76. The topological polar surface area (TPSA) is 52.6 Å². The molecule has 0 aromatic carbocycles. The summed E-state index contributed by atoms with van der Waals surface area (Å²) in [6.07, 6.45) is 12.1. The van der Waals surface area contributed by atoms with Gasteiger partial charge in [0.2, 0.25) is 0 Å². The molecule has 4 nitrogen and oxygen atoms in total. The molecule has 0 radical (unpaired) electrons. The molecule has 0 aromatic heterocycles. The average molecular weight is 353 g/mol. The van der Waals surface area contributed by atoms with Crippen LogP contribution in [0.25, 0.3) is 0 Å². The molecular weight excluding hydrogens is 316 g/mol. The third kappa shape index (κ3) is 7.37. The van der Waals surface area contributed by atoms with Gasteiger partial charge in [-0.1, -0.05) is 33.1 Å². The molecule has 2 unspecified atom stereocenters. The van der Waals surface area contributed by atoms with Crippen LogP contribution < -0.4 is 0 Å². The second-order valence-electron chi connectivity index (χ2n) is 8.31. The highest BCUT2D eigenvalue weighted by Crippen LogP contribution is 2.32. The number of rotatable bonds is 8. The van der Waals surface area contributed by atoms with Crippen LogP contribution in [0.5, 0.6) is 0 Å². The van der Waals surface area contributed by atoms with Crippen LogP contribution in [0, 0.1) is 17.8 Å². The molecule has 0 aliphatic heterocycles. The van der Waals surface area contributed by atoms with E-state index in [0.29, 0.717) is 18.9 Å². The Morgan fingerprint density at radius 2 is 1.56 bits per heavy atom. The van der Waals surface area contributed by atoms with E-state index in [-0.39, 0.29) is 29.9 Å². The van der Waals surface area contributed by atoms with E-state index in [1.807, 2.05) is 0 Å². The zero-order chi connectivity index (χ0) is 18.1. The Morgan fingerprint density at radius 1 is 0.880 bits per heavy atom. The molecule has 0 N–H and O–H groups in total. The van der Waals surface area contributed by atoms with E-state index in [1.54, 1.807) is 0 Å². The van der Waals surface area contributed by atoms with Crippen molar-refractivity contribution in [2.24, 2.45) is 17.8 Å². The molecule has 2 saturated carbocycles. The minimum Gasteiger partial charge on any atom is -0.465 e. The summed E-state index contributed by atoms with van der Waals surface area (Å²) in [7, 11) is 0. The van der Waals surface area contributed by atoms with Gasteiger partial charge in [-0.15, -0.1) is 0 Å². The lowest BCUT2D eigenvalue weighted by Gasteiger charge is -2.29. The summed E-state index contributed by atoms with van der Waals surface area (Å²) in [5.74, 6) is 0.267. The van der Waals surface area contributed by atoms with E-state index < -0.39 is 0 Å². The fourth-order valence-electron chi connectivity index (χ4n) is 4.01. The van der Waals surface area contributed by atoms with Crippen LogP contribution in [-0.2, 0) is 19.1 Å². The number of carbonyl (C=O) groups is 2. The Labute approximate surface area is 153 Å². The maximum Gasteiger partial charge on any atom is 0.309 e. The van der Waals surface area contributed by atoms with E-state index in [4.69, 9.17) is 9.47 Å². The fourth-order valence-corrected chi connectivity index (χ4v) is 4.01. The van der Waals surface area contributed by atoms with Crippen LogP contribution in [-0.4, -0.2) is 24.6 Å². The maximum atomic E-state index is 12.4. The largest absolute Gasteiger partial charge is 0.465 e. The predicted molar refractivity (Wildman–Crippen MR) is 98.1 cm³/mol. The summed E-state index contributed by atoms with van der Waals surface area (Å²) < 4.78 is 11.2. The van der Waals surface area contributed by atoms with Gasteiger partial charge in [0.1, 0.15) is 6.10 Å². The van der Waals surface area contributed by atoms with E-state index in [2.05, 4.69) is 13.8 Å². The van der Waals surface area contributed by atoms with Crippen molar-refractivity contribution >= 4 is 11.9 Å². The number of esters is 2. The van der Waals surface area contributed by atoms with Crippen molar-refractivity contribution in [3.63, 3.8) is 0 Å². The van der Waals surface area contributed by atoms with Gasteiger partial charge in [-0.05, 0) is 63.7 Å². The van der Waals surface area contributed by atoms with Gasteiger partial charge in [0.05, 0.1) is 18.4 Å². The highest BCUT2D eigenvalue weighted by Gasteiger charge is 2.34. The summed E-state index contributed by atoms with van der Waals surface area (Å²) >= 11 is 0. The standard InChI is InChI=1S/C21H36O4/c1-16(2)9-6-7-14-24-20(22)17-10-8-11-18(15-17)21(23)25-19-12-4-3-5-13-19/h16-19H,3-15H2,1-2H3. The van der Waals surface area contributed by atoms with Gasteiger partial charge in [-0.25, -0.2) is 0 Å². The van der Waals surface area contributed by atoms with Gasteiger partial charge in [-0.2, -0.15) is 0 Å². The van der Waals surface area contributed by atoms with E-state index >= 15 is 0 Å². The van der Waals surface area contributed by atoms with Gasteiger partial charge >= 0.3 is 11.9 Å². The molecule has 0 heterocycles. The molecule has 144 valence electrons. The first-order chi connectivity index (χ1) is 12.1. The molecule has 0 spiro atoms. The molecular formula is C21H36O4. The monoisotopic (exact) mass is 352 g/mol. The van der Waals surface area contributed by atoms with Crippen LogP contribution in [0.1, 0.15) is 90.9 Å². The molecule has 2 aliphatic rings. The lowest BCUT2D eigenvalue weighted by Crippen LogP contribution is -2.32. The van der Waals surface area contributed by atoms with Crippen LogP contribution in [0.4, 0.5) is 0 Å². The van der Waals surface area contributed by atoms with Crippen LogP contribution >= 0.6 is 0 Å². The lowest BCUT2D eigenvalue weighted by atomic mass is 9.81. The van der Waals surface area contributed by atoms with Crippen molar-refractivity contribution in [2.75, 3.05) is 6.61 Å². The molecule has 2 fully saturated rings. The first-order valence-corrected chi connectivity index (χ1v) is 10.4. The summed E-state index contributed by atoms with van der Waals surface area (Å²) in [5, 5.41) is 0. The van der Waals surface area contributed by atoms with Crippen LogP contribution in [0.3, 0.4) is 0 Å². The second kappa shape index (κ2) is 10.8. The highest BCUT2D eigenvalue weighted by atomic mass is 16.5. The van der Waals surface area contributed by atoms with E-state index in [9.17, 15) is 9.59 Å². The third-order valence-electron chi connectivity index (χ3n) is 5.60. The Kier molecular flexibility index (Phi) is 8.77. The summed E-state index contributed by atoms with van der Waals surface area (Å²) in [6.45, 7) is 4.93. The zero-order valence-electron chi connectivity index (χ0n) is 16.1. The van der Waals surface area contributed by atoms with E-state index in [1.165, 1.54) is 12.8 Å². The third-order valence-corrected chi connectivity index (χ3v) is 5.60. The minimum atomic E-state index is -0.122. The van der Waals surface area contributed by atoms with Crippen molar-refractivity contribution in [3.05, 3.63) is 0 Å². The molecule has 0 saturated heterocycles. The predicted octanol–water partition coefficient (Wildman–Crippen LogP) is 5.04. The first-order valence-electron chi connectivity index (χ1n) is 10.4. The SMILES string of the molecule is CC(C)CCCCOC(=O)C1CCCC(C(=O)OC2CCCCC2)C1. The van der Waals surface area contributed by atoms with Crippen molar-refractivity contribution in [1.29, 1.82) is 0 Å². The van der Waals surface area contributed by atoms with Crippen LogP contribution in [0.15, 0.2) is 0 Å². The summed E-state index contributed by atoms with van der Waals surface area (Å²) in [6, 6.07) is 0. The number of unbranched alkanes of at least 4 members (excludes halogenated alkanes) is 1. The molecule has 4 heteroatoms. The van der Waals surface area contributed by atoms with Gasteiger partial charge < -0.3 is 9.47 Å². The molecule has 2 aliphatic carbocycles. The Hall–Kier alpha value is -1.06. The normalized spacial score (nSPS) is 24.9. The molecule has 0 amide bonds. The average Bonchev–Trinajstić information content (AvgIpc) is 2.62. The van der Waals surface area contributed by atoms with Gasteiger partial charge in [0.15, 0.2) is 0 Å². The molecule has 0 aromatic rings. The van der Waals surface area contributed by atoms with Crippen molar-refractivity contribution < 1.29 is 19.1 Å². The van der Waals surface area contributed by atoms with Gasteiger partial charge in [0.25, 0.3) is 0 Å². The smallest absolute Gasteiger partial charge is 0.309 e. The second-order valence-corrected chi connectivity index (χ2v) is 8.31. The van der Waals surface area contributed by atoms with Gasteiger partial charge in [0, 0.05) is 0 Å². The quantitative estimate of drug-likeness (QED) is 0.454. The lowest BCUT2D eigenvalue weighted by molar-refractivity contribution is -0.159.